The highest BCUT2D eigenvalue weighted by molar-refractivity contribution is 8.02. The van der Waals surface area contributed by atoms with Gasteiger partial charge in [0.05, 0.1) is 23.5 Å². The molecule has 0 saturated carbocycles. The summed E-state index contributed by atoms with van der Waals surface area (Å²) in [6.45, 7) is 0.676. The van der Waals surface area contributed by atoms with Gasteiger partial charge in [-0.15, -0.1) is 0 Å². The Balaban J connectivity index is 1.47. The maximum absolute atomic E-state index is 12.8. The normalized spacial score (nSPS) is 24.0. The molecule has 1 amide bonds. The number of rotatable bonds is 7. The van der Waals surface area contributed by atoms with E-state index in [1.54, 1.807) is 18.2 Å². The number of hydrogen-bond donors (Lipinski definition) is 2. The Bertz CT molecular complexity index is 1020. The van der Waals surface area contributed by atoms with Crippen molar-refractivity contribution in [1.82, 2.24) is 5.48 Å². The van der Waals surface area contributed by atoms with Crippen molar-refractivity contribution in [1.29, 1.82) is 0 Å². The molecule has 1 saturated heterocycles. The van der Waals surface area contributed by atoms with Crippen LogP contribution in [0.15, 0.2) is 36.4 Å². The Labute approximate surface area is 184 Å². The zero-order valence-electron chi connectivity index (χ0n) is 16.3. The molecule has 2 atom stereocenters. The topological polar surface area (TPSA) is 70.7 Å². The Kier molecular flexibility index (Phi) is 5.13. The van der Waals surface area contributed by atoms with Crippen LogP contribution in [0, 0.1) is 5.92 Å². The monoisotopic (exact) mass is 443 g/mol. The lowest BCUT2D eigenvalue weighted by Gasteiger charge is -2.48. The lowest BCUT2D eigenvalue weighted by molar-refractivity contribution is -0.231. The van der Waals surface area contributed by atoms with Gasteiger partial charge >= 0.3 is 0 Å². The number of aryl methyl sites for hydroxylation is 1. The van der Waals surface area contributed by atoms with Gasteiger partial charge in [-0.2, -0.15) is 0 Å². The van der Waals surface area contributed by atoms with Crippen LogP contribution >= 0.6 is 23.7 Å². The molecule has 30 heavy (non-hydrogen) atoms. The van der Waals surface area contributed by atoms with Crippen molar-refractivity contribution in [2.45, 2.75) is 37.7 Å². The highest BCUT2D eigenvalue weighted by atomic mass is 35.5. The summed E-state index contributed by atoms with van der Waals surface area (Å²) in [5.74, 6) is -0.226. The number of unbranched alkanes of at least 4 members (excludes halogenated alkanes) is 2. The number of nitrogens with one attached hydrogen (secondary N) is 2. The molecule has 2 aromatic carbocycles. The molecule has 6 nitrogen and oxygen atoms in total. The number of amides is 1. The molecule has 0 radical (unpaired) electrons. The summed E-state index contributed by atoms with van der Waals surface area (Å²) in [4.78, 5) is 29.2. The second kappa shape index (κ2) is 7.80. The van der Waals surface area contributed by atoms with E-state index in [0.29, 0.717) is 23.6 Å². The summed E-state index contributed by atoms with van der Waals surface area (Å²) >= 11 is 8.03. The fourth-order valence-corrected chi connectivity index (χ4v) is 5.90. The van der Waals surface area contributed by atoms with E-state index in [0.717, 1.165) is 37.7 Å². The lowest BCUT2D eigenvalue weighted by atomic mass is 9.74. The van der Waals surface area contributed by atoms with Crippen molar-refractivity contribution < 1.29 is 14.4 Å². The van der Waals surface area contributed by atoms with Crippen LogP contribution < -0.4 is 14.5 Å². The first kappa shape index (κ1) is 19.7. The first-order valence-corrected chi connectivity index (χ1v) is 11.3. The van der Waals surface area contributed by atoms with Gasteiger partial charge in [0.1, 0.15) is 6.29 Å². The van der Waals surface area contributed by atoms with Gasteiger partial charge in [0, 0.05) is 29.5 Å². The van der Waals surface area contributed by atoms with E-state index in [-0.39, 0.29) is 11.8 Å². The van der Waals surface area contributed by atoms with Crippen LogP contribution in [0.3, 0.4) is 0 Å². The van der Waals surface area contributed by atoms with Crippen molar-refractivity contribution in [2.75, 3.05) is 15.6 Å². The highest BCUT2D eigenvalue weighted by Crippen LogP contribution is 2.52. The summed E-state index contributed by atoms with van der Waals surface area (Å²) in [6.07, 6.45) is 5.11. The standard InChI is InChI=1S/C22H22ClN3O3S/c23-18-8-4-3-7-17(18)22(21(28)24-29-22)16-12-15-10-14(6-2-1-5-9-27)11-19-20(15)26(13-16)30-25-19/h3-4,7-11,16,25H,1-2,5-6,12-13H2,(H,24,28). The largest absolute Gasteiger partial charge is 0.310 e. The van der Waals surface area contributed by atoms with E-state index in [2.05, 4.69) is 26.6 Å². The second-order valence-corrected chi connectivity index (χ2v) is 9.20. The van der Waals surface area contributed by atoms with Gasteiger partial charge in [0.2, 0.25) is 5.60 Å². The molecule has 8 heteroatoms. The molecular formula is C22H22ClN3O3S. The highest BCUT2D eigenvalue weighted by Gasteiger charge is 2.58. The van der Waals surface area contributed by atoms with Crippen molar-refractivity contribution in [3.63, 3.8) is 0 Å². The number of carbonyl (C=O) groups excluding carboxylic acids is 2. The van der Waals surface area contributed by atoms with Gasteiger partial charge in [-0.3, -0.25) is 13.9 Å². The number of aldehydes is 1. The minimum Gasteiger partial charge on any atom is -0.310 e. The predicted octanol–water partition coefficient (Wildman–Crippen LogP) is 4.18. The van der Waals surface area contributed by atoms with Gasteiger partial charge in [0.15, 0.2) is 0 Å². The lowest BCUT2D eigenvalue weighted by Crippen LogP contribution is -2.66. The zero-order valence-corrected chi connectivity index (χ0v) is 17.9. The molecule has 0 bridgehead atoms. The summed E-state index contributed by atoms with van der Waals surface area (Å²) < 4.78 is 5.62. The quantitative estimate of drug-likeness (QED) is 0.380. The third kappa shape index (κ3) is 3.07. The Hall–Kier alpha value is -2.22. The molecular weight excluding hydrogens is 422 g/mol. The molecule has 3 heterocycles. The molecule has 5 rings (SSSR count). The minimum absolute atomic E-state index is 0.0794. The Morgan fingerprint density at radius 2 is 2.17 bits per heavy atom. The number of hydroxylamine groups is 1. The smallest absolute Gasteiger partial charge is 0.283 e. The summed E-state index contributed by atoms with van der Waals surface area (Å²) in [7, 11) is 0. The van der Waals surface area contributed by atoms with E-state index >= 15 is 0 Å². The number of anilines is 2. The van der Waals surface area contributed by atoms with Crippen LogP contribution in [0.5, 0.6) is 0 Å². The maximum Gasteiger partial charge on any atom is 0.283 e. The average Bonchev–Trinajstić information content (AvgIpc) is 3.16. The number of hydrogen-bond acceptors (Lipinski definition) is 6. The molecule has 3 aliphatic rings. The number of nitrogens with zero attached hydrogens (tertiary/aromatic N) is 1. The van der Waals surface area contributed by atoms with E-state index in [1.165, 1.54) is 16.8 Å². The molecule has 2 aromatic rings. The molecule has 0 spiro atoms. The predicted molar refractivity (Wildman–Crippen MR) is 118 cm³/mol. The summed E-state index contributed by atoms with van der Waals surface area (Å²) in [5.41, 5.74) is 6.88. The average molecular weight is 444 g/mol. The van der Waals surface area contributed by atoms with E-state index in [4.69, 9.17) is 16.4 Å². The fraction of sp³-hybridized carbons (Fsp3) is 0.364. The third-order valence-corrected chi connectivity index (χ3v) is 7.34. The number of halogens is 1. The van der Waals surface area contributed by atoms with E-state index in [1.807, 2.05) is 18.2 Å². The second-order valence-electron chi connectivity index (χ2n) is 7.97. The molecule has 3 aliphatic heterocycles. The van der Waals surface area contributed by atoms with Gasteiger partial charge in [-0.05, 0) is 48.9 Å². The molecule has 0 aromatic heterocycles. The fourth-order valence-electron chi connectivity index (χ4n) is 4.70. The Morgan fingerprint density at radius 3 is 2.90 bits per heavy atom. The Morgan fingerprint density at radius 1 is 1.30 bits per heavy atom. The molecule has 2 unspecified atom stereocenters. The van der Waals surface area contributed by atoms with Gasteiger partial charge in [-0.1, -0.05) is 35.9 Å². The van der Waals surface area contributed by atoms with Crippen LogP contribution in [0.25, 0.3) is 0 Å². The van der Waals surface area contributed by atoms with Crippen molar-refractivity contribution >= 4 is 47.3 Å². The van der Waals surface area contributed by atoms with E-state index in [9.17, 15) is 9.59 Å². The van der Waals surface area contributed by atoms with Crippen molar-refractivity contribution in [3.8, 4) is 0 Å². The number of carbonyl (C=O) groups is 2. The third-order valence-electron chi connectivity index (χ3n) is 6.14. The summed E-state index contributed by atoms with van der Waals surface area (Å²) in [6, 6.07) is 11.9. The molecule has 0 aliphatic carbocycles. The molecule has 156 valence electrons. The minimum atomic E-state index is -1.08. The van der Waals surface area contributed by atoms with Gasteiger partial charge in [-0.25, -0.2) is 5.48 Å². The van der Waals surface area contributed by atoms with Crippen molar-refractivity contribution in [3.05, 3.63) is 58.1 Å². The maximum atomic E-state index is 12.8. The van der Waals surface area contributed by atoms with Gasteiger partial charge < -0.3 is 9.52 Å². The van der Waals surface area contributed by atoms with Crippen LogP contribution in [0.4, 0.5) is 11.4 Å². The SMILES string of the molecule is O=CCCCCc1cc2c3c(c1)NSN3CC(C1(c3ccccc3Cl)ONC1=O)C2. The van der Waals surface area contributed by atoms with Gasteiger partial charge in [0.25, 0.3) is 5.91 Å². The first-order chi connectivity index (χ1) is 14.6. The van der Waals surface area contributed by atoms with Crippen LogP contribution in [0.1, 0.15) is 36.0 Å². The molecule has 1 fully saturated rings. The van der Waals surface area contributed by atoms with Crippen LogP contribution in [0.2, 0.25) is 5.02 Å². The first-order valence-electron chi connectivity index (χ1n) is 10.2. The van der Waals surface area contributed by atoms with Crippen LogP contribution in [-0.2, 0) is 32.9 Å². The van der Waals surface area contributed by atoms with Crippen molar-refractivity contribution in [2.24, 2.45) is 5.92 Å². The van der Waals surface area contributed by atoms with Crippen LogP contribution in [-0.4, -0.2) is 18.7 Å². The number of benzene rings is 2. The van der Waals surface area contributed by atoms with E-state index < -0.39 is 5.60 Å². The summed E-state index contributed by atoms with van der Waals surface area (Å²) in [5, 5.41) is 0.537. The molecule has 2 N–H and O–H groups in total. The zero-order chi connectivity index (χ0) is 20.7.